The molecular weight excluding hydrogens is 440 g/mol. The lowest BCUT2D eigenvalue weighted by Crippen LogP contribution is -2.48. The lowest BCUT2D eigenvalue weighted by atomic mass is 10.2. The molecule has 2 rings (SSSR count). The molecule has 23 heavy (non-hydrogen) atoms. The minimum absolute atomic E-state index is 1.17. The topological polar surface area (TPSA) is 115 Å². The van der Waals surface area contributed by atoms with E-state index in [1.165, 1.54) is 65.6 Å². The molecule has 0 spiro atoms. The fraction of sp³-hybridized carbons (Fsp3) is 0.846. The summed E-state index contributed by atoms with van der Waals surface area (Å²) in [6, 6.07) is 0. The Kier molecular flexibility index (Phi) is 7.88. The number of aliphatic hydroxyl groups is 2. The zero-order valence-corrected chi connectivity index (χ0v) is 15.9. The number of alkyl halides is 2. The maximum Gasteiger partial charge on any atom is 0.335 e. The Morgan fingerprint density at radius 3 is 1.35 bits per heavy atom. The predicted octanol–water partition coefficient (Wildman–Crippen LogP) is -0.728. The van der Waals surface area contributed by atoms with Crippen LogP contribution in [0, 0.1) is 0 Å². The molecular formula is C13H24Br2N2O6+2. The van der Waals surface area contributed by atoms with Crippen molar-refractivity contribution in [2.24, 2.45) is 0 Å². The SMILES string of the molecule is BrCC[N+]12CC[N+](CCBr)(CC1)C2.O=C(O)[C@H](O)[C@@H](O)C(=O)O. The highest BCUT2D eigenvalue weighted by Gasteiger charge is 2.54. The van der Waals surface area contributed by atoms with Gasteiger partial charge in [-0.1, -0.05) is 31.9 Å². The number of rotatable bonds is 7. The molecule has 0 radical (unpaired) electrons. The van der Waals surface area contributed by atoms with Crippen molar-refractivity contribution in [3.8, 4) is 0 Å². The number of carboxylic acids is 2. The Labute approximate surface area is 151 Å². The molecule has 0 amide bonds. The summed E-state index contributed by atoms with van der Waals surface area (Å²) in [6.07, 6.45) is -4.53. The van der Waals surface area contributed by atoms with Crippen LogP contribution in [0.25, 0.3) is 0 Å². The quantitative estimate of drug-likeness (QED) is 0.292. The second-order valence-corrected chi connectivity index (χ2v) is 7.70. The van der Waals surface area contributed by atoms with Gasteiger partial charge in [0, 0.05) is 0 Å². The number of carbonyl (C=O) groups is 2. The van der Waals surface area contributed by atoms with Gasteiger partial charge in [0.05, 0.1) is 23.7 Å². The summed E-state index contributed by atoms with van der Waals surface area (Å²) in [5.74, 6) is -3.54. The third-order valence-corrected chi connectivity index (χ3v) is 5.33. The van der Waals surface area contributed by atoms with E-state index in [1.54, 1.807) is 0 Å². The number of fused-ring (bicyclic) bond motifs is 2. The zero-order valence-electron chi connectivity index (χ0n) is 12.8. The monoisotopic (exact) mass is 462 g/mol. The summed E-state index contributed by atoms with van der Waals surface area (Å²) in [5.41, 5.74) is 0. The molecule has 0 aromatic heterocycles. The third kappa shape index (κ3) is 5.36. The molecule has 4 N–H and O–H groups in total. The van der Waals surface area contributed by atoms with Gasteiger partial charge in [0.15, 0.2) is 12.2 Å². The number of quaternary nitrogens is 2. The van der Waals surface area contributed by atoms with Gasteiger partial charge in [0.2, 0.25) is 6.67 Å². The molecule has 8 nitrogen and oxygen atoms in total. The van der Waals surface area contributed by atoms with Gasteiger partial charge in [0.1, 0.15) is 26.2 Å². The molecule has 0 aromatic rings. The minimum Gasteiger partial charge on any atom is -0.479 e. The fourth-order valence-electron chi connectivity index (χ4n) is 3.21. The number of hydrogen-bond donors (Lipinski definition) is 4. The predicted molar refractivity (Wildman–Crippen MR) is 89.5 cm³/mol. The summed E-state index contributed by atoms with van der Waals surface area (Å²) in [5, 5.41) is 34.9. The molecule has 2 aliphatic heterocycles. The minimum atomic E-state index is -2.27. The van der Waals surface area contributed by atoms with E-state index in [4.69, 9.17) is 20.4 Å². The van der Waals surface area contributed by atoms with Crippen LogP contribution in [-0.4, -0.2) is 110 Å². The van der Waals surface area contributed by atoms with Crippen LogP contribution in [0.3, 0.4) is 0 Å². The number of aliphatic hydroxyl groups excluding tert-OH is 2. The molecule has 2 aliphatic rings. The average Bonchev–Trinajstić information content (AvgIpc) is 3.02. The normalized spacial score (nSPS) is 31.1. The van der Waals surface area contributed by atoms with Crippen LogP contribution in [0.5, 0.6) is 0 Å². The molecule has 2 saturated heterocycles. The number of aliphatic carboxylic acids is 2. The van der Waals surface area contributed by atoms with Gasteiger partial charge < -0.3 is 20.4 Å². The lowest BCUT2D eigenvalue weighted by molar-refractivity contribution is -0.985. The van der Waals surface area contributed by atoms with Crippen LogP contribution >= 0.6 is 31.9 Å². The Balaban J connectivity index is 0.000000241. The number of halogens is 2. The first-order valence-corrected chi connectivity index (χ1v) is 9.59. The Hall–Kier alpha value is -0.260. The largest absolute Gasteiger partial charge is 0.479 e. The molecule has 0 aliphatic carbocycles. The number of carboxylic acid groups (broad SMARTS) is 2. The number of hydrogen-bond acceptors (Lipinski definition) is 4. The van der Waals surface area contributed by atoms with E-state index in [9.17, 15) is 9.59 Å². The van der Waals surface area contributed by atoms with Crippen molar-refractivity contribution in [2.75, 3.05) is 56.6 Å². The van der Waals surface area contributed by atoms with E-state index >= 15 is 0 Å². The molecule has 10 heteroatoms. The maximum absolute atomic E-state index is 9.77. The summed E-state index contributed by atoms with van der Waals surface area (Å²) in [4.78, 5) is 19.5. The first-order valence-electron chi connectivity index (χ1n) is 7.35. The molecule has 2 bridgehead atoms. The smallest absolute Gasteiger partial charge is 0.335 e. The highest BCUT2D eigenvalue weighted by Crippen LogP contribution is 2.31. The Bertz CT molecular complexity index is 391. The Morgan fingerprint density at radius 2 is 1.13 bits per heavy atom. The van der Waals surface area contributed by atoms with Gasteiger partial charge in [-0.05, 0) is 0 Å². The lowest BCUT2D eigenvalue weighted by Gasteiger charge is -2.26. The van der Waals surface area contributed by atoms with Gasteiger partial charge >= 0.3 is 11.9 Å². The van der Waals surface area contributed by atoms with Crippen molar-refractivity contribution < 1.29 is 39.0 Å². The van der Waals surface area contributed by atoms with Crippen molar-refractivity contribution in [1.82, 2.24) is 0 Å². The first kappa shape index (κ1) is 20.8. The van der Waals surface area contributed by atoms with Crippen molar-refractivity contribution >= 4 is 43.8 Å². The first-order chi connectivity index (χ1) is 10.7. The van der Waals surface area contributed by atoms with Crippen molar-refractivity contribution in [3.05, 3.63) is 0 Å². The van der Waals surface area contributed by atoms with Gasteiger partial charge in [0.25, 0.3) is 0 Å². The van der Waals surface area contributed by atoms with Crippen molar-refractivity contribution in [1.29, 1.82) is 0 Å². The summed E-state index contributed by atoms with van der Waals surface area (Å²) in [7, 11) is 0. The van der Waals surface area contributed by atoms with Gasteiger partial charge in [-0.2, -0.15) is 0 Å². The Morgan fingerprint density at radius 1 is 0.826 bits per heavy atom. The summed E-state index contributed by atoms with van der Waals surface area (Å²) >= 11 is 7.16. The van der Waals surface area contributed by atoms with Crippen molar-refractivity contribution in [3.63, 3.8) is 0 Å². The van der Waals surface area contributed by atoms with Crippen LogP contribution in [-0.2, 0) is 9.59 Å². The standard InChI is InChI=1S/C9H18Br2N2.C4H6O6/c10-1-3-12-5-7-13(9-12,4-2-11)8-6-12;5-1(3(7)8)2(6)4(9)10/h1-9H2;1-2,5-6H,(H,7,8)(H,9,10)/q+2;/t;1-,2-/m.1/s1. The maximum atomic E-state index is 9.77. The highest BCUT2D eigenvalue weighted by atomic mass is 79.9. The molecule has 2 atom stereocenters. The molecule has 0 unspecified atom stereocenters. The zero-order chi connectivity index (χ0) is 17.7. The van der Waals surface area contributed by atoms with Crippen LogP contribution in [0.2, 0.25) is 0 Å². The molecule has 134 valence electrons. The molecule has 2 heterocycles. The fourth-order valence-corrected chi connectivity index (χ4v) is 4.71. The van der Waals surface area contributed by atoms with Crippen LogP contribution in [0.4, 0.5) is 0 Å². The van der Waals surface area contributed by atoms with E-state index in [1.807, 2.05) is 0 Å². The number of piperazine rings is 1. The summed E-state index contributed by atoms with van der Waals surface area (Å²) < 4.78 is 2.77. The van der Waals surface area contributed by atoms with E-state index in [0.29, 0.717) is 0 Å². The van der Waals surface area contributed by atoms with Gasteiger partial charge in [-0.3, -0.25) is 8.97 Å². The van der Waals surface area contributed by atoms with E-state index < -0.39 is 24.1 Å². The van der Waals surface area contributed by atoms with E-state index in [0.717, 1.165) is 0 Å². The number of nitrogens with zero attached hydrogens (tertiary/aromatic N) is 2. The van der Waals surface area contributed by atoms with Crippen LogP contribution < -0.4 is 0 Å². The van der Waals surface area contributed by atoms with E-state index in [2.05, 4.69) is 31.9 Å². The van der Waals surface area contributed by atoms with Crippen LogP contribution in [0.1, 0.15) is 0 Å². The highest BCUT2D eigenvalue weighted by molar-refractivity contribution is 9.09. The average molecular weight is 464 g/mol. The second-order valence-electron chi connectivity index (χ2n) is 6.11. The third-order valence-electron chi connectivity index (χ3n) is 4.62. The van der Waals surface area contributed by atoms with Crippen LogP contribution in [0.15, 0.2) is 0 Å². The summed E-state index contributed by atoms with van der Waals surface area (Å²) in [6.45, 7) is 9.73. The molecule has 0 saturated carbocycles. The van der Waals surface area contributed by atoms with E-state index in [-0.39, 0.29) is 0 Å². The molecule has 0 aromatic carbocycles. The molecule has 2 fully saturated rings. The van der Waals surface area contributed by atoms with Gasteiger partial charge in [-0.25, -0.2) is 9.59 Å². The second kappa shape index (κ2) is 8.72. The van der Waals surface area contributed by atoms with Crippen molar-refractivity contribution in [2.45, 2.75) is 12.2 Å². The van der Waals surface area contributed by atoms with Gasteiger partial charge in [-0.15, -0.1) is 0 Å².